The number of esters is 1. The second-order valence-electron chi connectivity index (χ2n) is 7.10. The molecule has 1 aliphatic rings. The first-order valence-corrected chi connectivity index (χ1v) is 11.8. The van der Waals surface area contributed by atoms with Crippen molar-refractivity contribution in [3.8, 4) is 17.2 Å². The molecule has 1 N–H and O–H groups in total. The Morgan fingerprint density at radius 1 is 1.32 bits per heavy atom. The molecule has 1 amide bonds. The minimum atomic E-state index is -0.522. The Labute approximate surface area is 196 Å². The summed E-state index contributed by atoms with van der Waals surface area (Å²) in [6, 6.07) is 6.37. The number of phenolic OH excluding ortho intramolecular Hbond substituents is 1. The number of thiazole rings is 1. The molecule has 2 aromatic heterocycles. The van der Waals surface area contributed by atoms with E-state index in [0.717, 1.165) is 21.4 Å². The molecule has 3 aromatic rings. The van der Waals surface area contributed by atoms with Crippen LogP contribution in [0.25, 0.3) is 11.5 Å². The normalized spacial score (nSPS) is 14.6. The highest BCUT2D eigenvalue weighted by Gasteiger charge is 2.28. The van der Waals surface area contributed by atoms with E-state index in [1.807, 2.05) is 10.3 Å². The molecule has 10 heteroatoms. The fraction of sp³-hybridized carbons (Fsp3) is 0.333. The van der Waals surface area contributed by atoms with Crippen molar-refractivity contribution in [3.63, 3.8) is 0 Å². The Bertz CT molecular complexity index is 1100. The van der Waals surface area contributed by atoms with Gasteiger partial charge in [-0.25, -0.2) is 9.78 Å². The third kappa shape index (κ3) is 4.74. The topological polar surface area (TPSA) is 106 Å². The van der Waals surface area contributed by atoms with Crippen LogP contribution in [0, 0.1) is 3.57 Å². The van der Waals surface area contributed by atoms with Crippen molar-refractivity contribution in [2.75, 3.05) is 19.7 Å². The summed E-state index contributed by atoms with van der Waals surface area (Å²) in [4.78, 5) is 31.1. The van der Waals surface area contributed by atoms with Crippen molar-refractivity contribution >= 4 is 45.8 Å². The highest BCUT2D eigenvalue weighted by Crippen LogP contribution is 2.34. The quantitative estimate of drug-likeness (QED) is 0.371. The smallest absolute Gasteiger partial charge is 0.360 e. The fourth-order valence-corrected chi connectivity index (χ4v) is 5.01. The number of aromatic nitrogens is 2. The van der Waals surface area contributed by atoms with Gasteiger partial charge in [0.2, 0.25) is 0 Å². The van der Waals surface area contributed by atoms with E-state index >= 15 is 0 Å². The monoisotopic (exact) mass is 553 g/mol. The number of carbonyl (C=O) groups excluding carboxylic acids is 2. The van der Waals surface area contributed by atoms with E-state index in [0.29, 0.717) is 30.1 Å². The Kier molecular flexibility index (Phi) is 6.56. The van der Waals surface area contributed by atoms with Crippen LogP contribution in [0.3, 0.4) is 0 Å². The third-order valence-electron chi connectivity index (χ3n) is 5.08. The molecule has 0 bridgehead atoms. The van der Waals surface area contributed by atoms with E-state index in [4.69, 9.17) is 9.26 Å². The van der Waals surface area contributed by atoms with Gasteiger partial charge in [0.1, 0.15) is 11.4 Å². The van der Waals surface area contributed by atoms with Crippen LogP contribution in [-0.4, -0.2) is 51.7 Å². The maximum Gasteiger partial charge on any atom is 0.360 e. The molecule has 0 radical (unpaired) electrons. The van der Waals surface area contributed by atoms with Crippen LogP contribution in [0.4, 0.5) is 0 Å². The number of amides is 1. The summed E-state index contributed by atoms with van der Waals surface area (Å²) in [5.41, 5.74) is 1.29. The third-order valence-corrected chi connectivity index (χ3v) is 7.03. The summed E-state index contributed by atoms with van der Waals surface area (Å²) < 4.78 is 11.0. The molecular weight excluding hydrogens is 533 g/mol. The van der Waals surface area contributed by atoms with E-state index in [2.05, 4.69) is 32.7 Å². The van der Waals surface area contributed by atoms with Crippen LogP contribution < -0.4 is 0 Å². The summed E-state index contributed by atoms with van der Waals surface area (Å²) in [5, 5.41) is 16.3. The molecule has 8 nitrogen and oxygen atoms in total. The highest BCUT2D eigenvalue weighted by atomic mass is 127. The van der Waals surface area contributed by atoms with E-state index in [-0.39, 0.29) is 29.9 Å². The predicted molar refractivity (Wildman–Crippen MR) is 122 cm³/mol. The fourth-order valence-electron chi connectivity index (χ4n) is 3.46. The summed E-state index contributed by atoms with van der Waals surface area (Å²) >= 11 is 3.65. The molecule has 4 rings (SSSR count). The molecule has 0 unspecified atom stereocenters. The van der Waals surface area contributed by atoms with E-state index in [1.165, 1.54) is 23.5 Å². The van der Waals surface area contributed by atoms with Gasteiger partial charge in [0.05, 0.1) is 17.2 Å². The van der Waals surface area contributed by atoms with Gasteiger partial charge in [-0.2, -0.15) is 0 Å². The number of benzene rings is 1. The van der Waals surface area contributed by atoms with Crippen LogP contribution in [0.5, 0.6) is 5.75 Å². The molecule has 1 aromatic carbocycles. The summed E-state index contributed by atoms with van der Waals surface area (Å²) in [6.45, 7) is 3.25. The van der Waals surface area contributed by atoms with Crippen LogP contribution in [0.15, 0.2) is 34.2 Å². The van der Waals surface area contributed by atoms with Crippen LogP contribution in [0.1, 0.15) is 51.5 Å². The number of nitrogens with zero attached hydrogens (tertiary/aromatic N) is 3. The molecule has 1 aliphatic heterocycles. The van der Waals surface area contributed by atoms with Crippen molar-refractivity contribution in [2.24, 2.45) is 0 Å². The first kappa shape index (κ1) is 21.8. The molecule has 162 valence electrons. The molecular formula is C21H20IN3O5S. The number of rotatable bonds is 5. The zero-order chi connectivity index (χ0) is 22.0. The maximum absolute atomic E-state index is 12.8. The van der Waals surface area contributed by atoms with Crippen molar-refractivity contribution < 1.29 is 24.0 Å². The van der Waals surface area contributed by atoms with Crippen LogP contribution in [-0.2, 0) is 4.74 Å². The summed E-state index contributed by atoms with van der Waals surface area (Å²) in [6.07, 6.45) is 1.61. The Morgan fingerprint density at radius 2 is 2.10 bits per heavy atom. The molecule has 1 fully saturated rings. The molecule has 31 heavy (non-hydrogen) atoms. The molecule has 3 heterocycles. The highest BCUT2D eigenvalue weighted by molar-refractivity contribution is 14.1. The second-order valence-corrected chi connectivity index (χ2v) is 9.15. The molecule has 1 saturated heterocycles. The first-order valence-electron chi connectivity index (χ1n) is 9.83. The van der Waals surface area contributed by atoms with Gasteiger partial charge in [0.25, 0.3) is 5.91 Å². The van der Waals surface area contributed by atoms with Gasteiger partial charge < -0.3 is 19.3 Å². The zero-order valence-corrected chi connectivity index (χ0v) is 19.7. The number of phenols is 1. The number of hydrogen-bond acceptors (Lipinski definition) is 8. The number of halogens is 1. The summed E-state index contributed by atoms with van der Waals surface area (Å²) in [5.74, 6) is 0.181. The minimum absolute atomic E-state index is 0.0632. The van der Waals surface area contributed by atoms with E-state index in [9.17, 15) is 14.7 Å². The van der Waals surface area contributed by atoms with Gasteiger partial charge in [-0.15, -0.1) is 11.3 Å². The van der Waals surface area contributed by atoms with Crippen molar-refractivity contribution in [2.45, 2.75) is 25.7 Å². The van der Waals surface area contributed by atoms with Crippen molar-refractivity contribution in [1.82, 2.24) is 15.0 Å². The average Bonchev–Trinajstić information content (AvgIpc) is 3.45. The SMILES string of the molecule is CCOC(=O)c1cc(-c2csc(C3CCN(C(=O)c4cc(O)ccc4I)CC3)n2)on1. The standard InChI is InChI=1S/C21H20IN3O5S/c1-2-29-21(28)16-10-18(30-24-16)17-11-31-19(23-17)12-5-7-25(8-6-12)20(27)14-9-13(26)3-4-15(14)22/h3-4,9-12,26H,2,5-8H2,1H3. The largest absolute Gasteiger partial charge is 0.508 e. The Morgan fingerprint density at radius 3 is 2.84 bits per heavy atom. The molecule has 0 aliphatic carbocycles. The lowest BCUT2D eigenvalue weighted by atomic mass is 9.97. The maximum atomic E-state index is 12.8. The van der Waals surface area contributed by atoms with Gasteiger partial charge in [-0.1, -0.05) is 5.16 Å². The number of ether oxygens (including phenoxy) is 1. The second kappa shape index (κ2) is 9.35. The van der Waals surface area contributed by atoms with Gasteiger partial charge in [-0.05, 0) is 60.6 Å². The number of piperidine rings is 1. The average molecular weight is 553 g/mol. The lowest BCUT2D eigenvalue weighted by Crippen LogP contribution is -2.38. The molecule has 0 spiro atoms. The van der Waals surface area contributed by atoms with Crippen molar-refractivity contribution in [3.05, 3.63) is 49.5 Å². The van der Waals surface area contributed by atoms with E-state index < -0.39 is 5.97 Å². The number of carbonyl (C=O) groups is 2. The van der Waals surface area contributed by atoms with Crippen molar-refractivity contribution in [1.29, 1.82) is 0 Å². The number of hydrogen-bond donors (Lipinski definition) is 1. The number of likely N-dealkylation sites (tertiary alicyclic amines) is 1. The van der Waals surface area contributed by atoms with E-state index in [1.54, 1.807) is 19.1 Å². The van der Waals surface area contributed by atoms with Gasteiger partial charge in [0.15, 0.2) is 11.5 Å². The minimum Gasteiger partial charge on any atom is -0.508 e. The molecule has 0 saturated carbocycles. The lowest BCUT2D eigenvalue weighted by molar-refractivity contribution is 0.0514. The van der Waals surface area contributed by atoms with Crippen LogP contribution in [0.2, 0.25) is 0 Å². The van der Waals surface area contributed by atoms with Gasteiger partial charge in [0, 0.05) is 34.0 Å². The Balaban J connectivity index is 1.40. The molecule has 0 atom stereocenters. The summed E-state index contributed by atoms with van der Waals surface area (Å²) in [7, 11) is 0. The van der Waals surface area contributed by atoms with Crippen LogP contribution >= 0.6 is 33.9 Å². The number of aromatic hydroxyl groups is 1. The van der Waals surface area contributed by atoms with Gasteiger partial charge >= 0.3 is 5.97 Å². The lowest BCUT2D eigenvalue weighted by Gasteiger charge is -2.31. The predicted octanol–water partition coefficient (Wildman–Crippen LogP) is 4.30. The van der Waals surface area contributed by atoms with Gasteiger partial charge in [-0.3, -0.25) is 4.79 Å². The zero-order valence-electron chi connectivity index (χ0n) is 16.7. The first-order chi connectivity index (χ1) is 15.0. The Hall–Kier alpha value is -2.47.